The molecule has 6 heteroatoms. The van der Waals surface area contributed by atoms with Crippen LogP contribution in [0.2, 0.25) is 0 Å². The van der Waals surface area contributed by atoms with Gasteiger partial charge >= 0.3 is 0 Å². The van der Waals surface area contributed by atoms with Crippen molar-refractivity contribution in [3.05, 3.63) is 9.98 Å². The first-order valence-corrected chi connectivity index (χ1v) is 7.15. The first-order valence-electron chi connectivity index (χ1n) is 5.54. The van der Waals surface area contributed by atoms with Crippen LogP contribution in [-0.2, 0) is 4.79 Å². The zero-order valence-corrected chi connectivity index (χ0v) is 12.5. The van der Waals surface area contributed by atoms with E-state index in [-0.39, 0.29) is 11.3 Å². The van der Waals surface area contributed by atoms with Crippen LogP contribution in [0.5, 0.6) is 0 Å². The van der Waals surface area contributed by atoms with Gasteiger partial charge in [0.1, 0.15) is 0 Å². The van der Waals surface area contributed by atoms with Gasteiger partial charge in [0.25, 0.3) is 0 Å². The molecule has 1 aromatic heterocycles. The van der Waals surface area contributed by atoms with Crippen LogP contribution in [0.3, 0.4) is 0 Å². The van der Waals surface area contributed by atoms with Crippen molar-refractivity contribution in [2.24, 2.45) is 11.1 Å². The summed E-state index contributed by atoms with van der Waals surface area (Å²) in [4.78, 5) is 15.7. The lowest BCUT2D eigenvalue weighted by Gasteiger charge is -2.23. The molecule has 0 atom stereocenters. The number of nitrogens with zero attached hydrogens (tertiary/aromatic N) is 1. The number of hydrogen-bond acceptors (Lipinski definition) is 4. The largest absolute Gasteiger partial charge is 0.330 e. The summed E-state index contributed by atoms with van der Waals surface area (Å²) < 4.78 is 0.913. The van der Waals surface area contributed by atoms with Crippen LogP contribution >= 0.6 is 27.3 Å². The average Bonchev–Trinajstić information content (AvgIpc) is 2.61. The smallest absolute Gasteiger partial charge is 0.226 e. The predicted molar refractivity (Wildman–Crippen MR) is 75.1 cm³/mol. The lowest BCUT2D eigenvalue weighted by atomic mass is 9.84. The Morgan fingerprint density at radius 2 is 2.29 bits per heavy atom. The number of carbonyl (C=O) groups excluding carboxylic acids is 1. The van der Waals surface area contributed by atoms with Gasteiger partial charge < -0.3 is 11.1 Å². The number of hydrogen-bond donors (Lipinski definition) is 2. The maximum atomic E-state index is 11.7. The fourth-order valence-electron chi connectivity index (χ4n) is 1.46. The third-order valence-corrected chi connectivity index (χ3v) is 3.97. The van der Waals surface area contributed by atoms with E-state index in [2.05, 4.69) is 40.1 Å². The van der Waals surface area contributed by atoms with E-state index in [9.17, 15) is 4.79 Å². The van der Waals surface area contributed by atoms with Gasteiger partial charge in [-0.15, -0.1) is 0 Å². The number of rotatable bonds is 6. The van der Waals surface area contributed by atoms with Crippen LogP contribution in [0, 0.1) is 5.41 Å². The first-order chi connectivity index (χ1) is 7.93. The lowest BCUT2D eigenvalue weighted by Crippen LogP contribution is -2.20. The van der Waals surface area contributed by atoms with E-state index >= 15 is 0 Å². The summed E-state index contributed by atoms with van der Waals surface area (Å²) in [7, 11) is 0. The highest BCUT2D eigenvalue weighted by Gasteiger charge is 2.18. The number of thiazole rings is 1. The molecule has 0 saturated carbocycles. The molecule has 0 unspecified atom stereocenters. The Morgan fingerprint density at radius 3 is 2.82 bits per heavy atom. The number of amides is 1. The molecule has 1 amide bonds. The van der Waals surface area contributed by atoms with E-state index in [1.54, 1.807) is 6.20 Å². The summed E-state index contributed by atoms with van der Waals surface area (Å²) in [5.74, 6) is 0.0111. The molecular weight excluding hydrogens is 302 g/mol. The van der Waals surface area contributed by atoms with E-state index in [1.807, 2.05) is 0 Å². The number of carbonyl (C=O) groups is 1. The third-order valence-electron chi connectivity index (χ3n) is 2.57. The molecule has 96 valence electrons. The van der Waals surface area contributed by atoms with Crippen molar-refractivity contribution in [2.45, 2.75) is 33.1 Å². The van der Waals surface area contributed by atoms with Gasteiger partial charge in [-0.25, -0.2) is 4.98 Å². The van der Waals surface area contributed by atoms with Crippen LogP contribution in [-0.4, -0.2) is 17.4 Å². The summed E-state index contributed by atoms with van der Waals surface area (Å²) in [6.07, 6.45) is 3.95. The number of nitrogens with two attached hydrogens (primary N) is 1. The third kappa shape index (κ3) is 5.61. The van der Waals surface area contributed by atoms with Gasteiger partial charge in [0.2, 0.25) is 5.91 Å². The summed E-state index contributed by atoms with van der Waals surface area (Å²) in [5.41, 5.74) is 5.65. The SMILES string of the molecule is CC(C)(CCN)CCC(=O)Nc1ncc(Br)s1. The molecular formula is C11H18BrN3OS. The lowest BCUT2D eigenvalue weighted by molar-refractivity contribution is -0.116. The molecule has 0 aromatic carbocycles. The van der Waals surface area contributed by atoms with Crippen molar-refractivity contribution in [3.8, 4) is 0 Å². The molecule has 1 rings (SSSR count). The van der Waals surface area contributed by atoms with E-state index in [0.717, 1.165) is 16.6 Å². The van der Waals surface area contributed by atoms with Gasteiger partial charge in [0.05, 0.1) is 9.98 Å². The maximum Gasteiger partial charge on any atom is 0.226 e. The monoisotopic (exact) mass is 319 g/mol. The highest BCUT2D eigenvalue weighted by Crippen LogP contribution is 2.27. The zero-order chi connectivity index (χ0) is 12.9. The molecule has 0 bridgehead atoms. The Balaban J connectivity index is 2.35. The van der Waals surface area contributed by atoms with E-state index in [4.69, 9.17) is 5.73 Å². The minimum atomic E-state index is 0.0111. The normalized spacial score (nSPS) is 11.5. The van der Waals surface area contributed by atoms with Crippen LogP contribution < -0.4 is 11.1 Å². The molecule has 0 saturated heterocycles. The Kier molecular flexibility index (Phi) is 5.55. The molecule has 0 fully saturated rings. The van der Waals surface area contributed by atoms with E-state index in [1.165, 1.54) is 11.3 Å². The van der Waals surface area contributed by atoms with Crippen LogP contribution in [0.1, 0.15) is 33.1 Å². The van der Waals surface area contributed by atoms with E-state index in [0.29, 0.717) is 18.1 Å². The van der Waals surface area contributed by atoms with Crippen LogP contribution in [0.4, 0.5) is 5.13 Å². The zero-order valence-electron chi connectivity index (χ0n) is 10.1. The molecule has 0 aliphatic heterocycles. The van der Waals surface area contributed by atoms with Gasteiger partial charge in [-0.05, 0) is 40.7 Å². The Bertz CT molecular complexity index is 379. The van der Waals surface area contributed by atoms with Gasteiger partial charge in [-0.2, -0.15) is 0 Å². The Morgan fingerprint density at radius 1 is 1.59 bits per heavy atom. The molecule has 0 aliphatic rings. The maximum absolute atomic E-state index is 11.7. The van der Waals surface area contributed by atoms with E-state index < -0.39 is 0 Å². The standard InChI is InChI=1S/C11H18BrN3OS/c1-11(2,5-6-13)4-3-9(16)15-10-14-7-8(12)17-10/h7H,3-6,13H2,1-2H3,(H,14,15,16). The molecule has 0 spiro atoms. The second-order valence-electron chi connectivity index (χ2n) is 4.72. The summed E-state index contributed by atoms with van der Waals surface area (Å²) in [6.45, 7) is 4.92. The van der Waals surface area contributed by atoms with Crippen molar-refractivity contribution in [1.29, 1.82) is 0 Å². The highest BCUT2D eigenvalue weighted by atomic mass is 79.9. The first kappa shape index (κ1) is 14.6. The minimum Gasteiger partial charge on any atom is -0.330 e. The highest BCUT2D eigenvalue weighted by molar-refractivity contribution is 9.11. The molecule has 17 heavy (non-hydrogen) atoms. The summed E-state index contributed by atoms with van der Waals surface area (Å²) >= 11 is 4.72. The summed E-state index contributed by atoms with van der Waals surface area (Å²) in [5, 5.41) is 3.42. The quantitative estimate of drug-likeness (QED) is 0.846. The fraction of sp³-hybridized carbons (Fsp3) is 0.636. The molecule has 1 aromatic rings. The molecule has 0 radical (unpaired) electrons. The average molecular weight is 320 g/mol. The Hall–Kier alpha value is -0.460. The number of anilines is 1. The Labute approximate surface area is 114 Å². The fourth-order valence-corrected chi connectivity index (χ4v) is 2.58. The molecule has 4 nitrogen and oxygen atoms in total. The second kappa shape index (κ2) is 6.47. The number of halogens is 1. The van der Waals surface area contributed by atoms with Crippen LogP contribution in [0.15, 0.2) is 9.98 Å². The van der Waals surface area contributed by atoms with Crippen molar-refractivity contribution in [1.82, 2.24) is 4.98 Å². The van der Waals surface area contributed by atoms with Gasteiger partial charge in [0, 0.05) is 6.42 Å². The van der Waals surface area contributed by atoms with Gasteiger partial charge in [-0.1, -0.05) is 25.2 Å². The number of aromatic nitrogens is 1. The predicted octanol–water partition coefficient (Wildman–Crippen LogP) is 3.00. The van der Waals surface area contributed by atoms with Crippen molar-refractivity contribution < 1.29 is 4.79 Å². The molecule has 3 N–H and O–H groups in total. The molecule has 0 aliphatic carbocycles. The van der Waals surface area contributed by atoms with Crippen molar-refractivity contribution in [3.63, 3.8) is 0 Å². The minimum absolute atomic E-state index is 0.0111. The number of nitrogens with one attached hydrogen (secondary N) is 1. The topological polar surface area (TPSA) is 68.0 Å². The van der Waals surface area contributed by atoms with Crippen molar-refractivity contribution in [2.75, 3.05) is 11.9 Å². The van der Waals surface area contributed by atoms with Crippen LogP contribution in [0.25, 0.3) is 0 Å². The molecule has 1 heterocycles. The van der Waals surface area contributed by atoms with Gasteiger partial charge in [-0.3, -0.25) is 4.79 Å². The van der Waals surface area contributed by atoms with Gasteiger partial charge in [0.15, 0.2) is 5.13 Å². The summed E-state index contributed by atoms with van der Waals surface area (Å²) in [6, 6.07) is 0. The second-order valence-corrected chi connectivity index (χ2v) is 7.13. The van der Waals surface area contributed by atoms with Crippen molar-refractivity contribution >= 4 is 38.3 Å².